The Balaban J connectivity index is 2.66. The molecule has 4 heteroatoms. The SMILES string of the molecule is NCc1ccc(F)cc1-c1cc(Cl)ccc1Cl. The Morgan fingerprint density at radius 3 is 2.47 bits per heavy atom. The highest BCUT2D eigenvalue weighted by Gasteiger charge is 2.09. The highest BCUT2D eigenvalue weighted by atomic mass is 35.5. The van der Waals surface area contributed by atoms with Gasteiger partial charge in [-0.05, 0) is 41.5 Å². The molecule has 0 radical (unpaired) electrons. The molecule has 0 aliphatic rings. The third kappa shape index (κ3) is 2.60. The summed E-state index contributed by atoms with van der Waals surface area (Å²) in [6.45, 7) is 0.318. The van der Waals surface area contributed by atoms with E-state index in [0.29, 0.717) is 27.7 Å². The van der Waals surface area contributed by atoms with Crippen LogP contribution in [0.3, 0.4) is 0 Å². The molecule has 2 rings (SSSR count). The molecule has 0 amide bonds. The first kappa shape index (κ1) is 12.4. The van der Waals surface area contributed by atoms with Crippen molar-refractivity contribution in [3.63, 3.8) is 0 Å². The number of nitrogens with two attached hydrogens (primary N) is 1. The fraction of sp³-hybridized carbons (Fsp3) is 0.0769. The lowest BCUT2D eigenvalue weighted by atomic mass is 9.99. The molecule has 1 nitrogen and oxygen atoms in total. The zero-order chi connectivity index (χ0) is 12.4. The molecule has 17 heavy (non-hydrogen) atoms. The second kappa shape index (κ2) is 5.05. The fourth-order valence-corrected chi connectivity index (χ4v) is 2.07. The molecule has 0 spiro atoms. The van der Waals surface area contributed by atoms with Gasteiger partial charge in [-0.2, -0.15) is 0 Å². The van der Waals surface area contributed by atoms with E-state index in [1.165, 1.54) is 12.1 Å². The van der Waals surface area contributed by atoms with Gasteiger partial charge in [0.2, 0.25) is 0 Å². The van der Waals surface area contributed by atoms with Crippen molar-refractivity contribution < 1.29 is 4.39 Å². The van der Waals surface area contributed by atoms with Crippen LogP contribution in [-0.2, 0) is 6.54 Å². The van der Waals surface area contributed by atoms with Crippen LogP contribution in [0.5, 0.6) is 0 Å². The van der Waals surface area contributed by atoms with E-state index < -0.39 is 0 Å². The predicted octanol–water partition coefficient (Wildman–Crippen LogP) is 4.26. The largest absolute Gasteiger partial charge is 0.326 e. The summed E-state index contributed by atoms with van der Waals surface area (Å²) in [6, 6.07) is 9.53. The van der Waals surface area contributed by atoms with Crippen LogP contribution in [0.15, 0.2) is 36.4 Å². The van der Waals surface area contributed by atoms with Crippen LogP contribution in [0, 0.1) is 5.82 Å². The van der Waals surface area contributed by atoms with Gasteiger partial charge in [-0.1, -0.05) is 29.3 Å². The maximum absolute atomic E-state index is 13.3. The lowest BCUT2D eigenvalue weighted by Crippen LogP contribution is -1.99. The van der Waals surface area contributed by atoms with E-state index >= 15 is 0 Å². The molecule has 0 aliphatic carbocycles. The van der Waals surface area contributed by atoms with Gasteiger partial charge in [0.15, 0.2) is 0 Å². The van der Waals surface area contributed by atoms with Crippen molar-refractivity contribution >= 4 is 23.2 Å². The average molecular weight is 270 g/mol. The van der Waals surface area contributed by atoms with Crippen molar-refractivity contribution in [1.82, 2.24) is 0 Å². The summed E-state index contributed by atoms with van der Waals surface area (Å²) >= 11 is 12.0. The van der Waals surface area contributed by atoms with Gasteiger partial charge in [0.1, 0.15) is 5.82 Å². The molecular formula is C13H10Cl2FN. The molecule has 2 aromatic rings. The zero-order valence-corrected chi connectivity index (χ0v) is 10.4. The Bertz CT molecular complexity index is 555. The van der Waals surface area contributed by atoms with E-state index in [1.807, 2.05) is 0 Å². The minimum Gasteiger partial charge on any atom is -0.326 e. The molecule has 88 valence electrons. The summed E-state index contributed by atoms with van der Waals surface area (Å²) in [5, 5.41) is 1.08. The molecule has 2 N–H and O–H groups in total. The van der Waals surface area contributed by atoms with Crippen LogP contribution < -0.4 is 5.73 Å². The van der Waals surface area contributed by atoms with Gasteiger partial charge in [0, 0.05) is 22.2 Å². The van der Waals surface area contributed by atoms with Crippen molar-refractivity contribution in [1.29, 1.82) is 0 Å². The highest BCUT2D eigenvalue weighted by Crippen LogP contribution is 2.33. The van der Waals surface area contributed by atoms with E-state index in [2.05, 4.69) is 0 Å². The van der Waals surface area contributed by atoms with Gasteiger partial charge >= 0.3 is 0 Å². The summed E-state index contributed by atoms with van der Waals surface area (Å²) in [5.74, 6) is -0.326. The topological polar surface area (TPSA) is 26.0 Å². The van der Waals surface area contributed by atoms with Crippen molar-refractivity contribution in [2.45, 2.75) is 6.54 Å². The fourth-order valence-electron chi connectivity index (χ4n) is 1.68. The van der Waals surface area contributed by atoms with E-state index in [1.54, 1.807) is 24.3 Å². The van der Waals surface area contributed by atoms with Crippen LogP contribution in [0.2, 0.25) is 10.0 Å². The summed E-state index contributed by atoms with van der Waals surface area (Å²) in [4.78, 5) is 0. The van der Waals surface area contributed by atoms with Gasteiger partial charge in [-0.3, -0.25) is 0 Å². The van der Waals surface area contributed by atoms with Gasteiger partial charge in [0.25, 0.3) is 0 Å². The van der Waals surface area contributed by atoms with Crippen LogP contribution >= 0.6 is 23.2 Å². The predicted molar refractivity (Wildman–Crippen MR) is 69.7 cm³/mol. The number of halogens is 3. The summed E-state index contributed by atoms with van der Waals surface area (Å²) in [6.07, 6.45) is 0. The maximum Gasteiger partial charge on any atom is 0.123 e. The van der Waals surface area contributed by atoms with E-state index in [0.717, 1.165) is 5.56 Å². The highest BCUT2D eigenvalue weighted by molar-refractivity contribution is 6.35. The van der Waals surface area contributed by atoms with E-state index in [-0.39, 0.29) is 5.82 Å². The van der Waals surface area contributed by atoms with Crippen molar-refractivity contribution in [3.05, 3.63) is 57.8 Å². The Morgan fingerprint density at radius 1 is 1.00 bits per heavy atom. The van der Waals surface area contributed by atoms with Crippen LogP contribution in [0.25, 0.3) is 11.1 Å². The Labute approximate surface area is 109 Å². The normalized spacial score (nSPS) is 10.6. The first-order valence-corrected chi connectivity index (χ1v) is 5.81. The lowest BCUT2D eigenvalue weighted by Gasteiger charge is -2.10. The van der Waals surface area contributed by atoms with Gasteiger partial charge in [-0.15, -0.1) is 0 Å². The first-order chi connectivity index (χ1) is 8.11. The summed E-state index contributed by atoms with van der Waals surface area (Å²) in [7, 11) is 0. The number of benzene rings is 2. The molecule has 0 fully saturated rings. The number of hydrogen-bond donors (Lipinski definition) is 1. The van der Waals surface area contributed by atoms with Crippen LogP contribution in [0.1, 0.15) is 5.56 Å². The quantitative estimate of drug-likeness (QED) is 0.866. The summed E-state index contributed by atoms with van der Waals surface area (Å²) < 4.78 is 13.3. The van der Waals surface area contributed by atoms with Gasteiger partial charge < -0.3 is 5.73 Å². The Hall–Kier alpha value is -1.09. The summed E-state index contributed by atoms with van der Waals surface area (Å²) in [5.41, 5.74) is 7.83. The Kier molecular flexibility index (Phi) is 3.67. The molecule has 2 aromatic carbocycles. The smallest absolute Gasteiger partial charge is 0.123 e. The van der Waals surface area contributed by atoms with Crippen molar-refractivity contribution in [2.75, 3.05) is 0 Å². The molecular weight excluding hydrogens is 260 g/mol. The van der Waals surface area contributed by atoms with Crippen LogP contribution in [-0.4, -0.2) is 0 Å². The standard InChI is InChI=1S/C13H10Cl2FN/c14-9-2-4-13(15)12(5-9)11-6-10(16)3-1-8(11)7-17/h1-6H,7,17H2. The first-order valence-electron chi connectivity index (χ1n) is 5.05. The Morgan fingerprint density at radius 2 is 1.76 bits per heavy atom. The van der Waals surface area contributed by atoms with E-state index in [9.17, 15) is 4.39 Å². The molecule has 0 heterocycles. The minimum absolute atomic E-state index is 0.318. The molecule has 0 bridgehead atoms. The van der Waals surface area contributed by atoms with Crippen molar-refractivity contribution in [2.24, 2.45) is 5.73 Å². The number of hydrogen-bond acceptors (Lipinski definition) is 1. The lowest BCUT2D eigenvalue weighted by molar-refractivity contribution is 0.627. The van der Waals surface area contributed by atoms with Crippen LogP contribution in [0.4, 0.5) is 4.39 Å². The van der Waals surface area contributed by atoms with Gasteiger partial charge in [-0.25, -0.2) is 4.39 Å². The minimum atomic E-state index is -0.326. The molecule has 0 saturated heterocycles. The third-order valence-corrected chi connectivity index (χ3v) is 3.08. The molecule has 0 aromatic heterocycles. The van der Waals surface area contributed by atoms with Crippen molar-refractivity contribution in [3.8, 4) is 11.1 Å². The average Bonchev–Trinajstić information content (AvgIpc) is 2.32. The van der Waals surface area contributed by atoms with E-state index in [4.69, 9.17) is 28.9 Å². The monoisotopic (exact) mass is 269 g/mol. The second-order valence-corrected chi connectivity index (χ2v) is 4.47. The molecule has 0 atom stereocenters. The maximum atomic E-state index is 13.3. The molecule has 0 saturated carbocycles. The number of rotatable bonds is 2. The molecule has 0 aliphatic heterocycles. The van der Waals surface area contributed by atoms with Gasteiger partial charge in [0.05, 0.1) is 0 Å². The molecule has 0 unspecified atom stereocenters. The third-order valence-electron chi connectivity index (χ3n) is 2.51. The second-order valence-electron chi connectivity index (χ2n) is 3.63. The zero-order valence-electron chi connectivity index (χ0n) is 8.88.